The Bertz CT molecular complexity index is 930. The van der Waals surface area contributed by atoms with Gasteiger partial charge in [-0.15, -0.1) is 0 Å². The second-order valence-corrected chi connectivity index (χ2v) is 5.48. The average Bonchev–Trinajstić information content (AvgIpc) is 3.09. The Labute approximate surface area is 143 Å². The van der Waals surface area contributed by atoms with Crippen LogP contribution in [0.25, 0.3) is 11.3 Å². The van der Waals surface area contributed by atoms with Crippen molar-refractivity contribution in [2.45, 2.75) is 6.92 Å². The maximum Gasteiger partial charge on any atom is 0.289 e. The number of carbonyl (C=O) groups is 1. The first-order chi connectivity index (χ1) is 12.0. The molecule has 0 aliphatic carbocycles. The van der Waals surface area contributed by atoms with Crippen LogP contribution in [0.15, 0.2) is 53.6 Å². The van der Waals surface area contributed by atoms with E-state index in [1.165, 1.54) is 18.3 Å². The zero-order valence-corrected chi connectivity index (χ0v) is 13.4. The van der Waals surface area contributed by atoms with Crippen molar-refractivity contribution in [3.63, 3.8) is 0 Å². The number of hydrogen-bond donors (Lipinski definition) is 4. The molecule has 126 valence electrons. The van der Waals surface area contributed by atoms with Crippen LogP contribution < -0.4 is 5.43 Å². The number of amides is 1. The summed E-state index contributed by atoms with van der Waals surface area (Å²) < 4.78 is 0. The summed E-state index contributed by atoms with van der Waals surface area (Å²) in [5, 5.41) is 29.3. The zero-order valence-electron chi connectivity index (χ0n) is 13.4. The minimum atomic E-state index is -0.440. The van der Waals surface area contributed by atoms with E-state index < -0.39 is 5.91 Å². The van der Waals surface area contributed by atoms with Gasteiger partial charge in [-0.05, 0) is 36.8 Å². The molecule has 25 heavy (non-hydrogen) atoms. The molecule has 0 bridgehead atoms. The minimum Gasteiger partial charge on any atom is -0.504 e. The van der Waals surface area contributed by atoms with Crippen LogP contribution in [-0.2, 0) is 0 Å². The summed E-state index contributed by atoms with van der Waals surface area (Å²) in [7, 11) is 0. The van der Waals surface area contributed by atoms with Crippen LogP contribution in [0.2, 0.25) is 0 Å². The molecule has 3 aromatic rings. The number of aromatic nitrogens is 2. The lowest BCUT2D eigenvalue weighted by atomic mass is 10.1. The predicted octanol–water partition coefficient (Wildman–Crippen LogP) is 2.56. The molecule has 1 aromatic heterocycles. The standard InChI is InChI=1S/C18H16N4O3/c1-11-2-5-13(6-3-11)14-9-15(21-20-14)18(25)22-19-10-12-4-7-16(23)17(24)8-12/h2-10,23-24H,1H3,(H,20,21)(H,22,25)/b19-10+. The van der Waals surface area contributed by atoms with Gasteiger partial charge in [-0.25, -0.2) is 5.43 Å². The van der Waals surface area contributed by atoms with Gasteiger partial charge in [0.15, 0.2) is 11.5 Å². The van der Waals surface area contributed by atoms with Crippen molar-refractivity contribution < 1.29 is 15.0 Å². The first-order valence-electron chi connectivity index (χ1n) is 7.51. The molecule has 0 atom stereocenters. The first-order valence-corrected chi connectivity index (χ1v) is 7.51. The number of phenolic OH excluding ortho intramolecular Hbond substituents is 2. The van der Waals surface area contributed by atoms with Gasteiger partial charge in [0.1, 0.15) is 5.69 Å². The number of carbonyl (C=O) groups excluding carboxylic acids is 1. The first kappa shape index (κ1) is 16.3. The fourth-order valence-electron chi connectivity index (χ4n) is 2.16. The van der Waals surface area contributed by atoms with E-state index in [0.717, 1.165) is 11.1 Å². The van der Waals surface area contributed by atoms with E-state index in [9.17, 15) is 15.0 Å². The Hall–Kier alpha value is -3.61. The third-order valence-corrected chi connectivity index (χ3v) is 3.55. The number of nitrogens with one attached hydrogen (secondary N) is 2. The van der Waals surface area contributed by atoms with E-state index in [1.54, 1.807) is 12.1 Å². The summed E-state index contributed by atoms with van der Waals surface area (Å²) in [6.07, 6.45) is 1.36. The van der Waals surface area contributed by atoms with Gasteiger partial charge in [-0.1, -0.05) is 29.8 Å². The van der Waals surface area contributed by atoms with E-state index in [4.69, 9.17) is 0 Å². The van der Waals surface area contributed by atoms with Gasteiger partial charge in [0.05, 0.1) is 11.9 Å². The second-order valence-electron chi connectivity index (χ2n) is 5.48. The third kappa shape index (κ3) is 3.84. The number of rotatable bonds is 4. The normalized spacial score (nSPS) is 10.9. The van der Waals surface area contributed by atoms with E-state index in [2.05, 4.69) is 20.7 Å². The number of aromatic amines is 1. The molecule has 3 rings (SSSR count). The molecule has 0 spiro atoms. The molecule has 0 radical (unpaired) electrons. The molecule has 0 saturated heterocycles. The lowest BCUT2D eigenvalue weighted by Crippen LogP contribution is -2.17. The fraction of sp³-hybridized carbons (Fsp3) is 0.0556. The van der Waals surface area contributed by atoms with Gasteiger partial charge in [0.25, 0.3) is 5.91 Å². The lowest BCUT2D eigenvalue weighted by Gasteiger charge is -1.99. The topological polar surface area (TPSA) is 111 Å². The van der Waals surface area contributed by atoms with Crippen LogP contribution in [0.1, 0.15) is 21.6 Å². The van der Waals surface area contributed by atoms with Crippen LogP contribution in [0.4, 0.5) is 0 Å². The number of phenols is 2. The molecular formula is C18H16N4O3. The second kappa shape index (κ2) is 6.88. The Balaban J connectivity index is 1.66. The van der Waals surface area contributed by atoms with Gasteiger partial charge in [0, 0.05) is 5.56 Å². The van der Waals surface area contributed by atoms with Crippen LogP contribution in [0.3, 0.4) is 0 Å². The highest BCUT2D eigenvalue weighted by Gasteiger charge is 2.10. The molecule has 0 saturated carbocycles. The van der Waals surface area contributed by atoms with Crippen molar-refractivity contribution in [1.29, 1.82) is 0 Å². The molecule has 7 nitrogen and oxygen atoms in total. The predicted molar refractivity (Wildman–Crippen MR) is 93.6 cm³/mol. The van der Waals surface area contributed by atoms with E-state index in [-0.39, 0.29) is 17.2 Å². The molecule has 7 heteroatoms. The average molecular weight is 336 g/mol. The Morgan fingerprint density at radius 1 is 1.12 bits per heavy atom. The smallest absolute Gasteiger partial charge is 0.289 e. The number of nitrogens with zero attached hydrogens (tertiary/aromatic N) is 2. The molecule has 1 amide bonds. The van der Waals surface area contributed by atoms with Crippen molar-refractivity contribution in [2.75, 3.05) is 0 Å². The number of benzene rings is 2. The third-order valence-electron chi connectivity index (χ3n) is 3.55. The number of aromatic hydroxyl groups is 2. The SMILES string of the molecule is Cc1ccc(-c2cc(C(=O)N/N=C/c3ccc(O)c(O)c3)[nH]n2)cc1. The van der Waals surface area contributed by atoms with Crippen LogP contribution >= 0.6 is 0 Å². The maximum atomic E-state index is 12.1. The Kier molecular flexibility index (Phi) is 4.47. The van der Waals surface area contributed by atoms with Crippen molar-refractivity contribution >= 4 is 12.1 Å². The van der Waals surface area contributed by atoms with Crippen molar-refractivity contribution in [3.05, 3.63) is 65.4 Å². The zero-order chi connectivity index (χ0) is 17.8. The van der Waals surface area contributed by atoms with Crippen LogP contribution in [-0.4, -0.2) is 32.5 Å². The summed E-state index contributed by atoms with van der Waals surface area (Å²) in [5.74, 6) is -0.918. The van der Waals surface area contributed by atoms with Crippen LogP contribution in [0.5, 0.6) is 11.5 Å². The molecular weight excluding hydrogens is 320 g/mol. The highest BCUT2D eigenvalue weighted by molar-refractivity contribution is 5.94. The number of hydrazone groups is 1. The molecule has 4 N–H and O–H groups in total. The summed E-state index contributed by atoms with van der Waals surface area (Å²) >= 11 is 0. The van der Waals surface area contributed by atoms with Crippen molar-refractivity contribution in [3.8, 4) is 22.8 Å². The summed E-state index contributed by atoms with van der Waals surface area (Å²) in [6, 6.07) is 13.7. The highest BCUT2D eigenvalue weighted by Crippen LogP contribution is 2.24. The summed E-state index contributed by atoms with van der Waals surface area (Å²) in [5.41, 5.74) is 5.89. The minimum absolute atomic E-state index is 0.220. The Morgan fingerprint density at radius 2 is 1.88 bits per heavy atom. The summed E-state index contributed by atoms with van der Waals surface area (Å²) in [6.45, 7) is 2.00. The Morgan fingerprint density at radius 3 is 2.60 bits per heavy atom. The monoisotopic (exact) mass is 336 g/mol. The van der Waals surface area contributed by atoms with Crippen molar-refractivity contribution in [1.82, 2.24) is 15.6 Å². The van der Waals surface area contributed by atoms with E-state index in [1.807, 2.05) is 31.2 Å². The maximum absolute atomic E-state index is 12.1. The number of H-pyrrole nitrogens is 1. The lowest BCUT2D eigenvalue weighted by molar-refractivity contribution is 0.0950. The quantitative estimate of drug-likeness (QED) is 0.333. The van der Waals surface area contributed by atoms with Crippen LogP contribution in [0, 0.1) is 6.92 Å². The van der Waals surface area contributed by atoms with Gasteiger partial charge < -0.3 is 10.2 Å². The van der Waals surface area contributed by atoms with Crippen molar-refractivity contribution in [2.24, 2.45) is 5.10 Å². The molecule has 0 aliphatic heterocycles. The molecule has 0 unspecified atom stereocenters. The van der Waals surface area contributed by atoms with Gasteiger partial charge in [-0.3, -0.25) is 9.89 Å². The molecule has 0 aliphatic rings. The fourth-order valence-corrected chi connectivity index (χ4v) is 2.16. The molecule has 0 fully saturated rings. The molecule has 1 heterocycles. The van der Waals surface area contributed by atoms with Gasteiger partial charge >= 0.3 is 0 Å². The van der Waals surface area contributed by atoms with Gasteiger partial charge in [0.2, 0.25) is 0 Å². The number of hydrogen-bond acceptors (Lipinski definition) is 5. The van der Waals surface area contributed by atoms with E-state index >= 15 is 0 Å². The van der Waals surface area contributed by atoms with E-state index in [0.29, 0.717) is 11.3 Å². The van der Waals surface area contributed by atoms with Gasteiger partial charge in [-0.2, -0.15) is 10.2 Å². The largest absolute Gasteiger partial charge is 0.504 e. The number of aryl methyl sites for hydroxylation is 1. The molecule has 2 aromatic carbocycles. The summed E-state index contributed by atoms with van der Waals surface area (Å²) in [4.78, 5) is 12.1. The highest BCUT2D eigenvalue weighted by atomic mass is 16.3.